The van der Waals surface area contributed by atoms with Gasteiger partial charge in [0.2, 0.25) is 0 Å². The van der Waals surface area contributed by atoms with Gasteiger partial charge in [0.25, 0.3) is 0 Å². The van der Waals surface area contributed by atoms with Crippen molar-refractivity contribution in [1.82, 2.24) is 0 Å². The van der Waals surface area contributed by atoms with E-state index in [1.807, 2.05) is 26.0 Å². The first-order valence-corrected chi connectivity index (χ1v) is 11.3. The topological polar surface area (TPSA) is 77.0 Å². The van der Waals surface area contributed by atoms with Crippen molar-refractivity contribution in [3.63, 3.8) is 0 Å². The molecule has 0 aliphatic carbocycles. The number of halogens is 2. The van der Waals surface area contributed by atoms with Gasteiger partial charge in [-0.1, -0.05) is 23.2 Å². The third-order valence-corrected chi connectivity index (χ3v) is 5.90. The number of carbonyl (C=O) groups excluding carboxylic acids is 2. The Kier molecular flexibility index (Phi) is 6.64. The number of nitrogens with one attached hydrogen (secondary N) is 1. The fraction of sp³-hybridized carbons (Fsp3) is 0.192. The third kappa shape index (κ3) is 4.93. The van der Waals surface area contributed by atoms with E-state index in [2.05, 4.69) is 5.32 Å². The second kappa shape index (κ2) is 9.49. The van der Waals surface area contributed by atoms with Gasteiger partial charge in [0.05, 0.1) is 23.1 Å². The molecule has 8 heteroatoms. The zero-order chi connectivity index (χ0) is 24.6. The molecule has 1 atom stereocenters. The minimum Gasteiger partial charge on any atom is -0.426 e. The van der Waals surface area contributed by atoms with Crippen molar-refractivity contribution in [3.05, 3.63) is 80.8 Å². The summed E-state index contributed by atoms with van der Waals surface area (Å²) in [4.78, 5) is 28.6. The van der Waals surface area contributed by atoms with E-state index in [1.165, 1.54) is 13.8 Å². The molecule has 1 unspecified atom stereocenters. The number of aliphatic imine (C=N–C) groups is 1. The summed E-state index contributed by atoms with van der Waals surface area (Å²) in [5, 5.41) is 4.42. The van der Waals surface area contributed by atoms with E-state index in [1.54, 1.807) is 36.4 Å². The number of carbonyl (C=O) groups is 2. The number of anilines is 1. The van der Waals surface area contributed by atoms with Gasteiger partial charge in [-0.2, -0.15) is 0 Å². The van der Waals surface area contributed by atoms with Gasteiger partial charge in [-0.05, 0) is 73.5 Å². The molecular weight excluding hydrogens is 475 g/mol. The molecule has 1 aliphatic heterocycles. The zero-order valence-corrected chi connectivity index (χ0v) is 20.5. The van der Waals surface area contributed by atoms with Gasteiger partial charge in [0.1, 0.15) is 11.5 Å². The SMILES string of the molecule is CC(=O)Oc1ccc(Cl)cc1C1=Nc2cc(C)c(C)cc2NC1c1cc(Cl)ccc1OC(C)=O. The lowest BCUT2D eigenvalue weighted by Crippen LogP contribution is -2.26. The molecule has 3 aromatic carbocycles. The number of nitrogens with zero attached hydrogens (tertiary/aromatic N) is 1. The van der Waals surface area contributed by atoms with Gasteiger partial charge >= 0.3 is 11.9 Å². The first-order chi connectivity index (χ1) is 16.1. The molecule has 0 saturated carbocycles. The highest BCUT2D eigenvalue weighted by atomic mass is 35.5. The molecule has 0 aromatic heterocycles. The lowest BCUT2D eigenvalue weighted by atomic mass is 9.92. The van der Waals surface area contributed by atoms with Crippen LogP contribution in [0.25, 0.3) is 0 Å². The van der Waals surface area contributed by atoms with Crippen LogP contribution in [0.15, 0.2) is 53.5 Å². The standard InChI is InChI=1S/C26H22Cl2N2O4/c1-13-9-21-22(10-14(13)2)30-26(20-12-18(28)6-8-24(20)34-16(4)32)25(29-21)19-11-17(27)5-7-23(19)33-15(3)31/h5-12,25,29H,1-4H3. The van der Waals surface area contributed by atoms with E-state index in [-0.39, 0.29) is 0 Å². The highest BCUT2D eigenvalue weighted by Crippen LogP contribution is 2.43. The highest BCUT2D eigenvalue weighted by Gasteiger charge is 2.31. The van der Waals surface area contributed by atoms with Crippen LogP contribution in [-0.4, -0.2) is 17.7 Å². The Hall–Kier alpha value is -3.35. The van der Waals surface area contributed by atoms with Crippen LogP contribution in [0.5, 0.6) is 11.5 Å². The molecule has 3 aromatic rings. The van der Waals surface area contributed by atoms with E-state index in [4.69, 9.17) is 37.7 Å². The van der Waals surface area contributed by atoms with E-state index >= 15 is 0 Å². The summed E-state index contributed by atoms with van der Waals surface area (Å²) in [7, 11) is 0. The molecule has 6 nitrogen and oxygen atoms in total. The van der Waals surface area contributed by atoms with Crippen LogP contribution in [-0.2, 0) is 9.59 Å². The number of benzene rings is 3. The zero-order valence-electron chi connectivity index (χ0n) is 19.0. The molecule has 0 spiro atoms. The first-order valence-electron chi connectivity index (χ1n) is 10.5. The van der Waals surface area contributed by atoms with E-state index < -0.39 is 18.0 Å². The maximum absolute atomic E-state index is 11.8. The number of ether oxygens (including phenoxy) is 2. The molecular formula is C26H22Cl2N2O4. The van der Waals surface area contributed by atoms with Crippen LogP contribution >= 0.6 is 23.2 Å². The largest absolute Gasteiger partial charge is 0.426 e. The molecule has 0 bridgehead atoms. The third-order valence-electron chi connectivity index (χ3n) is 5.43. The average Bonchev–Trinajstić information content (AvgIpc) is 2.76. The van der Waals surface area contributed by atoms with Gasteiger partial charge in [-0.15, -0.1) is 0 Å². The summed E-state index contributed by atoms with van der Waals surface area (Å²) in [6, 6.07) is 13.4. The van der Waals surface area contributed by atoms with Gasteiger partial charge in [-0.25, -0.2) is 4.99 Å². The van der Waals surface area contributed by atoms with Gasteiger partial charge in [0.15, 0.2) is 0 Å². The molecule has 0 fully saturated rings. The predicted octanol–water partition coefficient (Wildman–Crippen LogP) is 6.75. The smallest absolute Gasteiger partial charge is 0.308 e. The number of hydrogen-bond donors (Lipinski definition) is 1. The summed E-state index contributed by atoms with van der Waals surface area (Å²) in [6.07, 6.45) is 0. The normalized spacial score (nSPS) is 14.5. The Balaban J connectivity index is 1.98. The quantitative estimate of drug-likeness (QED) is 0.319. The predicted molar refractivity (Wildman–Crippen MR) is 134 cm³/mol. The molecule has 1 aliphatic rings. The Bertz CT molecular complexity index is 1350. The van der Waals surface area contributed by atoms with Gasteiger partial charge < -0.3 is 14.8 Å². The monoisotopic (exact) mass is 496 g/mol. The van der Waals surface area contributed by atoms with Crippen molar-refractivity contribution in [2.45, 2.75) is 33.7 Å². The van der Waals surface area contributed by atoms with E-state index in [0.29, 0.717) is 38.4 Å². The molecule has 4 rings (SSSR count). The molecule has 174 valence electrons. The molecule has 1 N–H and O–H groups in total. The summed E-state index contributed by atoms with van der Waals surface area (Å²) >= 11 is 12.7. The van der Waals surface area contributed by atoms with E-state index in [0.717, 1.165) is 22.5 Å². The molecule has 0 radical (unpaired) electrons. The maximum Gasteiger partial charge on any atom is 0.308 e. The van der Waals surface area contributed by atoms with E-state index in [9.17, 15) is 9.59 Å². The van der Waals surface area contributed by atoms with Crippen LogP contribution < -0.4 is 14.8 Å². The second-order valence-corrected chi connectivity index (χ2v) is 8.91. The first kappa shape index (κ1) is 23.8. The van der Waals surface area contributed by atoms with Crippen molar-refractivity contribution in [2.75, 3.05) is 5.32 Å². The van der Waals surface area contributed by atoms with Crippen molar-refractivity contribution in [1.29, 1.82) is 0 Å². The van der Waals surface area contributed by atoms with Crippen LogP contribution in [0.3, 0.4) is 0 Å². The minimum absolute atomic E-state index is 0.311. The Morgan fingerprint density at radius 2 is 1.44 bits per heavy atom. The van der Waals surface area contributed by atoms with Crippen molar-refractivity contribution in [2.24, 2.45) is 4.99 Å². The molecule has 0 saturated heterocycles. The number of esters is 2. The second-order valence-electron chi connectivity index (χ2n) is 8.04. The molecule has 34 heavy (non-hydrogen) atoms. The van der Waals surface area contributed by atoms with Crippen LogP contribution in [0.1, 0.15) is 42.1 Å². The maximum atomic E-state index is 11.8. The summed E-state index contributed by atoms with van der Waals surface area (Å²) in [5.74, 6) is -0.288. The number of rotatable bonds is 4. The summed E-state index contributed by atoms with van der Waals surface area (Å²) in [6.45, 7) is 6.69. The van der Waals surface area contributed by atoms with Gasteiger partial charge in [-0.3, -0.25) is 9.59 Å². The Morgan fingerprint density at radius 1 is 0.853 bits per heavy atom. The molecule has 1 heterocycles. The van der Waals surface area contributed by atoms with Crippen molar-refractivity contribution < 1.29 is 19.1 Å². The van der Waals surface area contributed by atoms with Crippen LogP contribution in [0.4, 0.5) is 11.4 Å². The number of aryl methyl sites for hydroxylation is 2. The Labute approximate surface area is 207 Å². The fourth-order valence-electron chi connectivity index (χ4n) is 3.81. The fourth-order valence-corrected chi connectivity index (χ4v) is 4.16. The average molecular weight is 497 g/mol. The summed E-state index contributed by atoms with van der Waals surface area (Å²) < 4.78 is 11.0. The number of fused-ring (bicyclic) bond motifs is 1. The minimum atomic E-state index is -0.588. The van der Waals surface area contributed by atoms with Crippen molar-refractivity contribution in [3.8, 4) is 11.5 Å². The van der Waals surface area contributed by atoms with Gasteiger partial charge in [0, 0.05) is 35.0 Å². The van der Waals surface area contributed by atoms with Crippen LogP contribution in [0, 0.1) is 13.8 Å². The highest BCUT2D eigenvalue weighted by molar-refractivity contribution is 6.31. The summed E-state index contributed by atoms with van der Waals surface area (Å²) in [5.41, 5.74) is 5.36. The lowest BCUT2D eigenvalue weighted by molar-refractivity contribution is -0.132. The Morgan fingerprint density at radius 3 is 2.12 bits per heavy atom. The molecule has 0 amide bonds. The van der Waals surface area contributed by atoms with Crippen molar-refractivity contribution >= 4 is 52.2 Å². The number of hydrogen-bond acceptors (Lipinski definition) is 6. The lowest BCUT2D eigenvalue weighted by Gasteiger charge is -2.30. The van der Waals surface area contributed by atoms with Crippen LogP contribution in [0.2, 0.25) is 10.0 Å².